The second-order valence-corrected chi connectivity index (χ2v) is 9.22. The van der Waals surface area contributed by atoms with Gasteiger partial charge < -0.3 is 15.4 Å². The number of nitrogens with one attached hydrogen (secondary N) is 2. The predicted octanol–water partition coefficient (Wildman–Crippen LogP) is 5.76. The van der Waals surface area contributed by atoms with Gasteiger partial charge in [-0.3, -0.25) is 9.59 Å². The topological polar surface area (TPSA) is 67.4 Å². The van der Waals surface area contributed by atoms with Crippen molar-refractivity contribution in [3.05, 3.63) is 57.0 Å². The minimum Gasteiger partial charge on any atom is -0.375 e. The Hall–Kier alpha value is -1.21. The zero-order valence-corrected chi connectivity index (χ0v) is 18.7. The summed E-state index contributed by atoms with van der Waals surface area (Å²) in [6.07, 6.45) is 0. The molecule has 154 valence electrons. The summed E-state index contributed by atoms with van der Waals surface area (Å²) < 4.78 is 3.48. The van der Waals surface area contributed by atoms with Gasteiger partial charge >= 0.3 is 0 Å². The monoisotopic (exact) mass is 494 g/mol. The molecule has 1 saturated carbocycles. The van der Waals surface area contributed by atoms with Gasteiger partial charge in [-0.15, -0.1) is 23.2 Å². The van der Waals surface area contributed by atoms with Crippen LogP contribution in [0.3, 0.4) is 0 Å². The lowest BCUT2D eigenvalue weighted by Crippen LogP contribution is -2.19. The first-order valence-corrected chi connectivity index (χ1v) is 10.3. The van der Waals surface area contributed by atoms with Crippen LogP contribution in [0.25, 0.3) is 0 Å². The molecule has 2 unspecified atom stereocenters. The lowest BCUT2D eigenvalue weighted by atomic mass is 10.1. The number of hydrogen-bond acceptors (Lipinski definition) is 3. The molecule has 0 saturated heterocycles. The number of methoxy groups -OCH3 is 1. The van der Waals surface area contributed by atoms with Gasteiger partial charge in [-0.25, -0.2) is 0 Å². The molecular weight excluding hydrogens is 481 g/mol. The van der Waals surface area contributed by atoms with Crippen molar-refractivity contribution in [3.63, 3.8) is 0 Å². The minimum absolute atomic E-state index is 0.125. The van der Waals surface area contributed by atoms with Crippen LogP contribution < -0.4 is 10.6 Å². The highest BCUT2D eigenvalue weighted by Crippen LogP contribution is 2.65. The molecule has 1 aliphatic rings. The maximum Gasteiger partial charge on any atom is 0.250 e. The molecule has 2 atom stereocenters. The zero-order chi connectivity index (χ0) is 21.3. The van der Waals surface area contributed by atoms with Gasteiger partial charge in [-0.1, -0.05) is 34.8 Å². The van der Waals surface area contributed by atoms with Crippen molar-refractivity contribution in [1.82, 2.24) is 0 Å². The molecule has 0 aliphatic heterocycles. The van der Waals surface area contributed by atoms with E-state index in [0.717, 1.165) is 0 Å². The first-order chi connectivity index (χ1) is 13.6. The van der Waals surface area contributed by atoms with E-state index in [9.17, 15) is 9.59 Å². The van der Waals surface area contributed by atoms with Crippen LogP contribution in [0.1, 0.15) is 11.5 Å². The molecule has 0 spiro atoms. The normalized spacial score (nSPS) is 19.5. The molecule has 0 heterocycles. The summed E-state index contributed by atoms with van der Waals surface area (Å²) in [4.78, 5) is 24.5. The molecule has 2 aromatic carbocycles. The van der Waals surface area contributed by atoms with Gasteiger partial charge in [0, 0.05) is 28.8 Å². The van der Waals surface area contributed by atoms with E-state index in [-0.39, 0.29) is 18.4 Å². The fourth-order valence-corrected chi connectivity index (χ4v) is 4.59. The Morgan fingerprint density at radius 3 is 2.31 bits per heavy atom. The van der Waals surface area contributed by atoms with Crippen molar-refractivity contribution < 1.29 is 14.3 Å². The zero-order valence-electron chi connectivity index (χ0n) is 14.9. The number of rotatable bonds is 6. The van der Waals surface area contributed by atoms with Crippen LogP contribution in [0.4, 0.5) is 11.4 Å². The molecule has 2 aromatic rings. The number of carbonyl (C=O) groups excluding carboxylic acids is 2. The van der Waals surface area contributed by atoms with E-state index in [1.54, 1.807) is 30.3 Å². The maximum atomic E-state index is 12.8. The smallest absolute Gasteiger partial charge is 0.250 e. The van der Waals surface area contributed by atoms with Crippen LogP contribution in [-0.2, 0) is 14.3 Å². The van der Waals surface area contributed by atoms with E-state index in [1.807, 2.05) is 0 Å². The molecule has 3 rings (SSSR count). The van der Waals surface area contributed by atoms with Crippen LogP contribution in [0.5, 0.6) is 0 Å². The molecule has 1 aliphatic carbocycles. The van der Waals surface area contributed by atoms with Crippen molar-refractivity contribution in [1.29, 1.82) is 0 Å². The number of alkyl halides is 2. The highest BCUT2D eigenvalue weighted by molar-refractivity contribution is 6.53. The van der Waals surface area contributed by atoms with Crippen molar-refractivity contribution in [2.45, 2.75) is 10.3 Å². The number of benzene rings is 2. The quantitative estimate of drug-likeness (QED) is 0.500. The van der Waals surface area contributed by atoms with Gasteiger partial charge in [0.25, 0.3) is 0 Å². The summed E-state index contributed by atoms with van der Waals surface area (Å²) >= 11 is 30.9. The predicted molar refractivity (Wildman–Crippen MR) is 118 cm³/mol. The number of ether oxygens (including phenoxy) is 1. The van der Waals surface area contributed by atoms with E-state index in [1.165, 1.54) is 13.2 Å². The van der Waals surface area contributed by atoms with Gasteiger partial charge in [0.2, 0.25) is 11.8 Å². The number of carbonyl (C=O) groups is 2. The number of anilines is 2. The van der Waals surface area contributed by atoms with E-state index in [0.29, 0.717) is 32.0 Å². The first-order valence-electron chi connectivity index (χ1n) is 8.36. The van der Waals surface area contributed by atoms with Crippen molar-refractivity contribution in [2.75, 3.05) is 24.4 Å². The van der Waals surface area contributed by atoms with Crippen molar-refractivity contribution >= 4 is 81.2 Å². The van der Waals surface area contributed by atoms with Crippen LogP contribution in [0, 0.1) is 5.92 Å². The average molecular weight is 497 g/mol. The van der Waals surface area contributed by atoms with Gasteiger partial charge in [0.1, 0.15) is 10.9 Å². The Morgan fingerprint density at radius 2 is 1.69 bits per heavy atom. The van der Waals surface area contributed by atoms with Gasteiger partial charge in [-0.05, 0) is 42.0 Å². The molecule has 5 nitrogen and oxygen atoms in total. The third-order valence-corrected chi connectivity index (χ3v) is 6.07. The van der Waals surface area contributed by atoms with Gasteiger partial charge in [0.15, 0.2) is 0 Å². The minimum atomic E-state index is -1.29. The Kier molecular flexibility index (Phi) is 6.88. The van der Waals surface area contributed by atoms with E-state index < -0.39 is 16.2 Å². The fourth-order valence-electron chi connectivity index (χ4n) is 3.06. The summed E-state index contributed by atoms with van der Waals surface area (Å²) in [6, 6.07) is 9.62. The molecule has 0 bridgehead atoms. The molecule has 0 radical (unpaired) electrons. The Labute approximate surface area is 192 Å². The second kappa shape index (κ2) is 8.88. The maximum absolute atomic E-state index is 12.8. The van der Waals surface area contributed by atoms with Crippen molar-refractivity contribution in [3.8, 4) is 0 Å². The summed E-state index contributed by atoms with van der Waals surface area (Å²) in [5.41, 5.74) is 1.44. The summed E-state index contributed by atoms with van der Waals surface area (Å²) in [7, 11) is 1.40. The molecular formula is C19H15Cl5N2O3. The van der Waals surface area contributed by atoms with Crippen LogP contribution in [-0.4, -0.2) is 29.9 Å². The third-order valence-electron chi connectivity index (χ3n) is 4.36. The summed E-state index contributed by atoms with van der Waals surface area (Å²) in [6.45, 7) is -0.125. The molecule has 0 aromatic heterocycles. The van der Waals surface area contributed by atoms with Crippen molar-refractivity contribution in [2.24, 2.45) is 5.92 Å². The molecule has 1 fully saturated rings. The van der Waals surface area contributed by atoms with Crippen LogP contribution in [0.2, 0.25) is 15.1 Å². The van der Waals surface area contributed by atoms with Gasteiger partial charge in [0.05, 0.1) is 16.6 Å². The van der Waals surface area contributed by atoms with Gasteiger partial charge in [-0.2, -0.15) is 0 Å². The van der Waals surface area contributed by atoms with E-state index in [4.69, 9.17) is 62.7 Å². The highest BCUT2D eigenvalue weighted by Gasteiger charge is 2.67. The average Bonchev–Trinajstić information content (AvgIpc) is 3.19. The van der Waals surface area contributed by atoms with E-state index >= 15 is 0 Å². The highest BCUT2D eigenvalue weighted by atomic mass is 35.5. The standard InChI is InChI=1S/C19H15Cl5N2O3/c1-29-8-15(27)26-14-7-12(2-3-13(14)22)25-18(28)17-16(19(17,23)24)9-4-10(20)6-11(21)5-9/h2-7,16-17H,8H2,1H3,(H,25,28)(H,26,27). The lowest BCUT2D eigenvalue weighted by molar-refractivity contribution is -0.119. The third kappa shape index (κ3) is 5.10. The molecule has 10 heteroatoms. The lowest BCUT2D eigenvalue weighted by Gasteiger charge is -2.10. The summed E-state index contributed by atoms with van der Waals surface area (Å²) in [5, 5.41) is 6.52. The summed E-state index contributed by atoms with van der Waals surface area (Å²) in [5.74, 6) is -1.93. The first kappa shape index (κ1) is 22.5. The Morgan fingerprint density at radius 1 is 1.03 bits per heavy atom. The Bertz CT molecular complexity index is 947. The molecule has 2 N–H and O–H groups in total. The molecule has 29 heavy (non-hydrogen) atoms. The number of hydrogen-bond donors (Lipinski definition) is 2. The fraction of sp³-hybridized carbons (Fsp3) is 0.263. The number of amides is 2. The van der Waals surface area contributed by atoms with Crippen LogP contribution in [0.15, 0.2) is 36.4 Å². The second-order valence-electron chi connectivity index (χ2n) is 6.50. The van der Waals surface area contributed by atoms with E-state index in [2.05, 4.69) is 10.6 Å². The Balaban J connectivity index is 1.75. The number of halogens is 5. The van der Waals surface area contributed by atoms with Crippen LogP contribution >= 0.6 is 58.0 Å². The SMILES string of the molecule is COCC(=O)Nc1cc(NC(=O)C2C(c3cc(Cl)cc(Cl)c3)C2(Cl)Cl)ccc1Cl. The largest absolute Gasteiger partial charge is 0.375 e. The molecule has 2 amide bonds.